The molecular weight excluding hydrogens is 352 g/mol. The molecule has 3 aliphatic rings. The molecule has 1 saturated heterocycles. The van der Waals surface area contributed by atoms with Crippen LogP contribution in [0.15, 0.2) is 22.7 Å². The molecule has 0 amide bonds. The van der Waals surface area contributed by atoms with Crippen molar-refractivity contribution in [1.82, 2.24) is 0 Å². The normalized spacial score (nSPS) is 35.1. The number of ether oxygens (including phenoxy) is 4. The fourth-order valence-corrected chi connectivity index (χ4v) is 4.11. The summed E-state index contributed by atoms with van der Waals surface area (Å²) in [6.45, 7) is 4.67. The lowest BCUT2D eigenvalue weighted by Crippen LogP contribution is -2.61. The first kappa shape index (κ1) is 14.3. The SMILES string of the molecule is CC1(C)C[C@H]2OC(=O)O[C@H]2[C@@]2(C1)OCc1cc(Br)ccc1O2. The van der Waals surface area contributed by atoms with Crippen molar-refractivity contribution in [2.75, 3.05) is 0 Å². The van der Waals surface area contributed by atoms with Gasteiger partial charge in [0.25, 0.3) is 5.79 Å². The van der Waals surface area contributed by atoms with Gasteiger partial charge in [-0.05, 0) is 30.0 Å². The third kappa shape index (κ3) is 2.20. The number of carbonyl (C=O) groups is 1. The van der Waals surface area contributed by atoms with E-state index in [9.17, 15) is 4.79 Å². The molecule has 0 aromatic heterocycles. The molecule has 1 aromatic carbocycles. The Labute approximate surface area is 137 Å². The number of benzene rings is 1. The first-order valence-electron chi connectivity index (χ1n) is 7.36. The summed E-state index contributed by atoms with van der Waals surface area (Å²) in [6.07, 6.45) is -0.0998. The molecular formula is C16H17BrO5. The van der Waals surface area contributed by atoms with Crippen LogP contribution in [-0.4, -0.2) is 24.2 Å². The molecule has 1 spiro atoms. The maximum Gasteiger partial charge on any atom is 0.509 e. The highest BCUT2D eigenvalue weighted by Crippen LogP contribution is 2.50. The highest BCUT2D eigenvalue weighted by molar-refractivity contribution is 9.10. The zero-order chi connectivity index (χ0) is 15.5. The van der Waals surface area contributed by atoms with Gasteiger partial charge in [-0.2, -0.15) is 0 Å². The Morgan fingerprint density at radius 1 is 1.27 bits per heavy atom. The number of halogens is 1. The van der Waals surface area contributed by atoms with Gasteiger partial charge in [0.15, 0.2) is 0 Å². The van der Waals surface area contributed by atoms with Crippen LogP contribution in [-0.2, 0) is 20.8 Å². The smallest absolute Gasteiger partial charge is 0.458 e. The van der Waals surface area contributed by atoms with E-state index < -0.39 is 18.0 Å². The Hall–Kier alpha value is -1.27. The van der Waals surface area contributed by atoms with E-state index in [1.165, 1.54) is 0 Å². The van der Waals surface area contributed by atoms with Crippen molar-refractivity contribution < 1.29 is 23.7 Å². The van der Waals surface area contributed by atoms with Gasteiger partial charge in [-0.3, -0.25) is 0 Å². The van der Waals surface area contributed by atoms with E-state index in [1.807, 2.05) is 18.2 Å². The van der Waals surface area contributed by atoms with Gasteiger partial charge in [0.05, 0.1) is 6.61 Å². The molecule has 2 aliphatic heterocycles. The van der Waals surface area contributed by atoms with Crippen LogP contribution in [0.5, 0.6) is 5.75 Å². The minimum atomic E-state index is -0.973. The van der Waals surface area contributed by atoms with Gasteiger partial charge >= 0.3 is 6.16 Å². The second-order valence-corrected chi connectivity index (χ2v) is 7.86. The standard InChI is InChI=1S/C16H17BrO5/c1-15(2)6-12-13(21-14(18)20-12)16(8-15)19-7-9-5-10(17)3-4-11(9)22-16/h3-5,12-13H,6-8H2,1-2H3/t12-,13-,16+/m1/s1. The summed E-state index contributed by atoms with van der Waals surface area (Å²) >= 11 is 3.45. The van der Waals surface area contributed by atoms with Crippen molar-refractivity contribution in [3.63, 3.8) is 0 Å². The monoisotopic (exact) mass is 368 g/mol. The Kier molecular flexibility index (Phi) is 3.01. The molecule has 1 saturated carbocycles. The van der Waals surface area contributed by atoms with Crippen LogP contribution < -0.4 is 4.74 Å². The fourth-order valence-electron chi connectivity index (χ4n) is 3.70. The van der Waals surface area contributed by atoms with Gasteiger partial charge in [-0.25, -0.2) is 4.79 Å². The van der Waals surface area contributed by atoms with Crippen LogP contribution in [0.1, 0.15) is 32.3 Å². The predicted octanol–water partition coefficient (Wildman–Crippen LogP) is 3.78. The molecule has 118 valence electrons. The summed E-state index contributed by atoms with van der Waals surface area (Å²) < 4.78 is 24.0. The van der Waals surface area contributed by atoms with Gasteiger partial charge in [0, 0.05) is 16.5 Å². The maximum atomic E-state index is 11.6. The Balaban J connectivity index is 1.73. The molecule has 6 heteroatoms. The predicted molar refractivity (Wildman–Crippen MR) is 80.4 cm³/mol. The molecule has 4 rings (SSSR count). The first-order chi connectivity index (χ1) is 10.4. The summed E-state index contributed by atoms with van der Waals surface area (Å²) in [5, 5.41) is 0. The highest BCUT2D eigenvalue weighted by Gasteiger charge is 2.62. The molecule has 0 radical (unpaired) electrons. The Bertz CT molecular complexity index is 643. The minimum Gasteiger partial charge on any atom is -0.458 e. The van der Waals surface area contributed by atoms with Crippen LogP contribution in [0.2, 0.25) is 0 Å². The van der Waals surface area contributed by atoms with Gasteiger partial charge in [0.1, 0.15) is 11.9 Å². The van der Waals surface area contributed by atoms with Crippen molar-refractivity contribution in [2.24, 2.45) is 5.41 Å². The van der Waals surface area contributed by atoms with E-state index in [2.05, 4.69) is 29.8 Å². The van der Waals surface area contributed by atoms with Crippen LogP contribution in [0.3, 0.4) is 0 Å². The number of fused-ring (bicyclic) bond motifs is 3. The maximum absolute atomic E-state index is 11.6. The van der Waals surface area contributed by atoms with Crippen molar-refractivity contribution in [2.45, 2.75) is 51.3 Å². The zero-order valence-electron chi connectivity index (χ0n) is 12.4. The van der Waals surface area contributed by atoms with E-state index in [-0.39, 0.29) is 11.5 Å². The zero-order valence-corrected chi connectivity index (χ0v) is 14.0. The molecule has 5 nitrogen and oxygen atoms in total. The molecule has 3 atom stereocenters. The number of rotatable bonds is 0. The van der Waals surface area contributed by atoms with E-state index in [4.69, 9.17) is 18.9 Å². The van der Waals surface area contributed by atoms with E-state index in [0.29, 0.717) is 13.0 Å². The van der Waals surface area contributed by atoms with Crippen LogP contribution in [0.4, 0.5) is 4.79 Å². The molecule has 0 unspecified atom stereocenters. The summed E-state index contributed by atoms with van der Waals surface area (Å²) in [4.78, 5) is 11.6. The highest BCUT2D eigenvalue weighted by atomic mass is 79.9. The average molecular weight is 369 g/mol. The van der Waals surface area contributed by atoms with Crippen molar-refractivity contribution >= 4 is 22.1 Å². The third-order valence-electron chi connectivity index (χ3n) is 4.50. The molecule has 2 heterocycles. The van der Waals surface area contributed by atoms with Crippen molar-refractivity contribution in [3.05, 3.63) is 28.2 Å². The lowest BCUT2D eigenvalue weighted by molar-refractivity contribution is -0.285. The second kappa shape index (κ2) is 4.61. The summed E-state index contributed by atoms with van der Waals surface area (Å²) in [6, 6.07) is 5.82. The third-order valence-corrected chi connectivity index (χ3v) is 4.99. The molecule has 2 fully saturated rings. The van der Waals surface area contributed by atoms with E-state index in [0.717, 1.165) is 22.2 Å². The number of carbonyl (C=O) groups excluding carboxylic acids is 1. The largest absolute Gasteiger partial charge is 0.509 e. The van der Waals surface area contributed by atoms with Gasteiger partial charge in [0.2, 0.25) is 6.10 Å². The van der Waals surface area contributed by atoms with Gasteiger partial charge < -0.3 is 18.9 Å². The number of hydrogen-bond donors (Lipinski definition) is 0. The summed E-state index contributed by atoms with van der Waals surface area (Å²) in [5.41, 5.74) is 0.910. The summed E-state index contributed by atoms with van der Waals surface area (Å²) in [7, 11) is 0. The second-order valence-electron chi connectivity index (χ2n) is 6.94. The van der Waals surface area contributed by atoms with E-state index in [1.54, 1.807) is 0 Å². The van der Waals surface area contributed by atoms with Crippen LogP contribution in [0, 0.1) is 5.41 Å². The van der Waals surface area contributed by atoms with Gasteiger partial charge in [-0.15, -0.1) is 0 Å². The molecule has 0 bridgehead atoms. The summed E-state index contributed by atoms with van der Waals surface area (Å²) in [5.74, 6) is -0.201. The fraction of sp³-hybridized carbons (Fsp3) is 0.562. The van der Waals surface area contributed by atoms with Crippen LogP contribution >= 0.6 is 15.9 Å². The van der Waals surface area contributed by atoms with Crippen molar-refractivity contribution in [3.8, 4) is 5.75 Å². The first-order valence-corrected chi connectivity index (χ1v) is 8.15. The average Bonchev–Trinajstić information content (AvgIpc) is 2.79. The Morgan fingerprint density at radius 2 is 2.09 bits per heavy atom. The molecule has 1 aromatic rings. The van der Waals surface area contributed by atoms with Gasteiger partial charge in [-0.1, -0.05) is 29.8 Å². The lowest BCUT2D eigenvalue weighted by atomic mass is 9.71. The number of hydrogen-bond acceptors (Lipinski definition) is 5. The topological polar surface area (TPSA) is 54.0 Å². The minimum absolute atomic E-state index is 0.0674. The quantitative estimate of drug-likeness (QED) is 0.652. The Morgan fingerprint density at radius 3 is 2.91 bits per heavy atom. The van der Waals surface area contributed by atoms with Crippen LogP contribution in [0.25, 0.3) is 0 Å². The molecule has 0 N–H and O–H groups in total. The lowest BCUT2D eigenvalue weighted by Gasteiger charge is -2.49. The van der Waals surface area contributed by atoms with E-state index >= 15 is 0 Å². The van der Waals surface area contributed by atoms with Crippen molar-refractivity contribution in [1.29, 1.82) is 0 Å². The molecule has 1 aliphatic carbocycles. The molecule has 22 heavy (non-hydrogen) atoms.